The minimum absolute atomic E-state index is 0. The number of nitrogens with one attached hydrogen (secondary N) is 8. The average Bonchev–Trinajstić information content (AvgIpc) is 1.59. The molecule has 4 amide bonds. The number of amides is 4. The lowest BCUT2D eigenvalue weighted by atomic mass is 9.93. The standard InChI is InChI=1S/C22H25ClN6O.C19H15ClF4N6O.2C19H16ClF3N6O.H2/c1-2-7-25-22(30)19-15-5-3-4-13(15)12-29(19)18-6-8-24-21(28-18)17-11-27-20-16(17)9-14(23)10-26-20;20-9-3-10-11(5-26-15(10)25-4-9)16-27-6-12(21)17(29-16)30-13-1-8(13)2-14(30)18(31)28-7-19(22,23)24;2*20-10-5-11-12(7-26-16(11)25-6-10)17-24-2-1-15(28-17)29-13-3-9(13)4-14(29)18(30)27-8-19(21,22)23;/h6,8-11,13,15,19H,2-5,7,12H2,1H3,(H,25,30)(H,26,27);3-6,8,13-14H,1-2,7H2,(H,25,26)(H,28,31);2*1-2,5-7,9,13-14H,3-4,8H2,(H,25,26)(H,27,30);1H/t13-,15-,19-;8-,13-,14-;9-,13+,14+;9-,13-,14-;/m1101./s1. The van der Waals surface area contributed by atoms with Crippen LogP contribution in [0.3, 0.4) is 0 Å². The molecule has 20 rings (SSSR count). The number of aromatic nitrogens is 16. The van der Waals surface area contributed by atoms with Gasteiger partial charge in [0.1, 0.15) is 83.8 Å². The molecule has 4 aliphatic carbocycles. The predicted octanol–water partition coefficient (Wildman–Crippen LogP) is 14.1. The fourth-order valence-electron chi connectivity index (χ4n) is 17.4. The molecular formula is C79H74Cl4F10N24O4. The number of fused-ring (bicyclic) bond motifs is 8. The van der Waals surface area contributed by atoms with Gasteiger partial charge in [-0.05, 0) is 130 Å². The third-order valence-corrected chi connectivity index (χ3v) is 23.8. The van der Waals surface area contributed by atoms with Crippen molar-refractivity contribution in [3.63, 3.8) is 0 Å². The Kier molecular flexibility index (Phi) is 22.3. The van der Waals surface area contributed by atoms with Crippen molar-refractivity contribution in [1.29, 1.82) is 0 Å². The Hall–Kier alpha value is -11.4. The lowest BCUT2D eigenvalue weighted by molar-refractivity contribution is -0.139. The molecule has 0 spiro atoms. The van der Waals surface area contributed by atoms with Crippen LogP contribution in [0.15, 0.2) is 117 Å². The monoisotopic (exact) mass is 1750 g/mol. The summed E-state index contributed by atoms with van der Waals surface area (Å²) in [5, 5.41) is 14.0. The molecule has 0 bridgehead atoms. The lowest BCUT2D eigenvalue weighted by Gasteiger charge is -2.28. The van der Waals surface area contributed by atoms with Gasteiger partial charge in [0.25, 0.3) is 0 Å². The van der Waals surface area contributed by atoms with Gasteiger partial charge in [-0.1, -0.05) is 59.7 Å². The molecule has 8 aliphatic rings. The highest BCUT2D eigenvalue weighted by atomic mass is 35.5. The number of nitrogens with zero attached hydrogens (tertiary/aromatic N) is 16. The Labute approximate surface area is 701 Å². The van der Waals surface area contributed by atoms with Gasteiger partial charge in [-0.15, -0.1) is 0 Å². The second kappa shape index (κ2) is 32.9. The van der Waals surface area contributed by atoms with Crippen LogP contribution in [-0.4, -0.2) is 197 Å². The highest BCUT2D eigenvalue weighted by Gasteiger charge is 2.58. The van der Waals surface area contributed by atoms with Gasteiger partial charge in [-0.25, -0.2) is 64.2 Å². The number of halogens is 14. The predicted molar refractivity (Wildman–Crippen MR) is 431 cm³/mol. The van der Waals surface area contributed by atoms with E-state index in [0.29, 0.717) is 138 Å². The first-order chi connectivity index (χ1) is 58.0. The summed E-state index contributed by atoms with van der Waals surface area (Å²) in [5.41, 5.74) is 5.35. The largest absolute Gasteiger partial charge is 0.405 e. The van der Waals surface area contributed by atoms with Gasteiger partial charge in [0.2, 0.25) is 23.6 Å². The summed E-state index contributed by atoms with van der Waals surface area (Å²) < 4.78 is 127. The van der Waals surface area contributed by atoms with Gasteiger partial charge in [0, 0.05) is 145 Å². The quantitative estimate of drug-likeness (QED) is 0.0393. The number of alkyl halides is 9. The summed E-state index contributed by atoms with van der Waals surface area (Å²) in [6.45, 7) is -0.477. The van der Waals surface area contributed by atoms with E-state index in [4.69, 9.17) is 51.4 Å². The summed E-state index contributed by atoms with van der Waals surface area (Å²) in [6, 6.07) is 9.92. The van der Waals surface area contributed by atoms with Gasteiger partial charge >= 0.3 is 18.5 Å². The van der Waals surface area contributed by atoms with Crippen LogP contribution in [0.25, 0.3) is 89.7 Å². The summed E-state index contributed by atoms with van der Waals surface area (Å²) in [5.74, 6) is 2.31. The first kappa shape index (κ1) is 82.0. The molecule has 632 valence electrons. The van der Waals surface area contributed by atoms with E-state index >= 15 is 0 Å². The van der Waals surface area contributed by atoms with Crippen LogP contribution < -0.4 is 40.9 Å². The van der Waals surface area contributed by atoms with Gasteiger partial charge < -0.3 is 60.8 Å². The number of piperidine rings is 3. The molecule has 0 radical (unpaired) electrons. The van der Waals surface area contributed by atoms with E-state index in [1.54, 1.807) is 73.7 Å². The molecular weight excluding hydrogens is 1680 g/mol. The minimum atomic E-state index is -4.53. The topological polar surface area (TPSA) is 347 Å². The molecule has 12 aromatic rings. The maximum absolute atomic E-state index is 14.7. The molecule has 0 unspecified atom stereocenters. The van der Waals surface area contributed by atoms with E-state index in [2.05, 4.69) is 91.9 Å². The highest BCUT2D eigenvalue weighted by molar-refractivity contribution is 6.32. The lowest BCUT2D eigenvalue weighted by Crippen LogP contribution is -2.48. The average molecular weight is 1760 g/mol. The van der Waals surface area contributed by atoms with Gasteiger partial charge in [0.05, 0.1) is 26.3 Å². The molecule has 4 saturated carbocycles. The van der Waals surface area contributed by atoms with Crippen molar-refractivity contribution in [2.45, 2.75) is 132 Å². The van der Waals surface area contributed by atoms with Crippen molar-refractivity contribution in [1.82, 2.24) is 101 Å². The zero-order valence-corrected chi connectivity index (χ0v) is 66.6. The Balaban J connectivity index is 0.000000120. The molecule has 12 atom stereocenters. The number of carbonyl (C=O) groups excluding carboxylic acids is 4. The van der Waals surface area contributed by atoms with Crippen LogP contribution in [0.5, 0.6) is 0 Å². The second-order valence-corrected chi connectivity index (χ2v) is 32.7. The molecule has 121 heavy (non-hydrogen) atoms. The van der Waals surface area contributed by atoms with Crippen molar-refractivity contribution < 1.29 is 64.5 Å². The van der Waals surface area contributed by atoms with E-state index in [9.17, 15) is 63.1 Å². The van der Waals surface area contributed by atoms with E-state index in [-0.39, 0.29) is 49.1 Å². The number of hydrogen-bond acceptors (Lipinski definition) is 20. The van der Waals surface area contributed by atoms with Crippen molar-refractivity contribution in [2.24, 2.45) is 29.6 Å². The van der Waals surface area contributed by atoms with Crippen LogP contribution in [0.1, 0.15) is 72.6 Å². The molecule has 12 aromatic heterocycles. The fraction of sp³-hybridized carbons (Fsp3) is 0.392. The number of carbonyl (C=O) groups is 4. The zero-order valence-electron chi connectivity index (χ0n) is 63.6. The Morgan fingerprint density at radius 1 is 0.446 bits per heavy atom. The SMILES string of the molecule is CCCNC(=O)[C@H]1[C@@H]2CCC[C@@H]2CN1c1ccnc(-c2c[nH]c3ncc(Cl)cc23)n1.O=C(NCC(F)(F)F)[C@H]1C[C@@H]2C[C@H]2N1c1ccnc(-c2c[nH]c3ncc(Cl)cc23)n1.O=C(NCC(F)(F)F)[C@H]1C[C@H]2C[C@H]2N1c1ccnc(-c2c[nH]c3ncc(Cl)cc23)n1.O=C(NCC(F)(F)F)[C@H]1C[C@H]2C[C@H]2N1c1nc(-c2c[nH]c3ncc(Cl)cc23)ncc1F.[HH]. The summed E-state index contributed by atoms with van der Waals surface area (Å²) in [6.07, 6.45) is 13.9. The van der Waals surface area contributed by atoms with Gasteiger partial charge in [-0.3, -0.25) is 19.2 Å². The third-order valence-electron chi connectivity index (χ3n) is 23.0. The zero-order chi connectivity index (χ0) is 84.7. The number of rotatable bonds is 17. The number of anilines is 4. The van der Waals surface area contributed by atoms with Crippen molar-refractivity contribution in [3.8, 4) is 45.6 Å². The fourth-order valence-corrected chi connectivity index (χ4v) is 18.0. The Bertz CT molecular complexity index is 5790. The summed E-state index contributed by atoms with van der Waals surface area (Å²) >= 11 is 24.3. The molecule has 8 fully saturated rings. The van der Waals surface area contributed by atoms with E-state index in [1.807, 2.05) is 44.1 Å². The van der Waals surface area contributed by atoms with Crippen LogP contribution in [-0.2, 0) is 19.2 Å². The first-order valence-electron chi connectivity index (χ1n) is 38.9. The number of aromatic amines is 4. The molecule has 0 aromatic carbocycles. The third kappa shape index (κ3) is 17.5. The Morgan fingerprint density at radius 2 is 0.810 bits per heavy atom. The summed E-state index contributed by atoms with van der Waals surface area (Å²) in [7, 11) is 0. The van der Waals surface area contributed by atoms with E-state index in [1.165, 1.54) is 36.3 Å². The van der Waals surface area contributed by atoms with E-state index < -0.39 is 79.8 Å². The molecule has 4 aliphatic heterocycles. The van der Waals surface area contributed by atoms with Crippen LogP contribution in [0.4, 0.5) is 67.2 Å². The minimum Gasteiger partial charge on any atom is -0.354 e. The normalized spacial score (nSPS) is 22.9. The molecule has 16 heterocycles. The maximum Gasteiger partial charge on any atom is 0.405 e. The van der Waals surface area contributed by atoms with E-state index in [0.717, 1.165) is 78.0 Å². The van der Waals surface area contributed by atoms with Gasteiger partial charge in [0.15, 0.2) is 34.9 Å². The van der Waals surface area contributed by atoms with Crippen LogP contribution in [0.2, 0.25) is 20.1 Å². The van der Waals surface area contributed by atoms with Crippen LogP contribution in [0, 0.1) is 35.4 Å². The molecule has 4 saturated heterocycles. The smallest absolute Gasteiger partial charge is 0.354 e. The van der Waals surface area contributed by atoms with Crippen LogP contribution >= 0.6 is 46.4 Å². The molecule has 8 N–H and O–H groups in total. The van der Waals surface area contributed by atoms with Crippen molar-refractivity contribution in [3.05, 3.63) is 143 Å². The Morgan fingerprint density at radius 3 is 1.20 bits per heavy atom. The summed E-state index contributed by atoms with van der Waals surface area (Å²) in [4.78, 5) is 122. The number of H-pyrrole nitrogens is 4. The maximum atomic E-state index is 14.7. The van der Waals surface area contributed by atoms with Gasteiger partial charge in [-0.2, -0.15) is 39.5 Å². The number of hydrogen-bond donors (Lipinski definition) is 8. The number of pyridine rings is 4. The second-order valence-electron chi connectivity index (χ2n) is 31.0. The van der Waals surface area contributed by atoms with Crippen molar-refractivity contribution >= 4 is 137 Å². The first-order valence-corrected chi connectivity index (χ1v) is 40.4. The van der Waals surface area contributed by atoms with Crippen molar-refractivity contribution in [2.75, 3.05) is 52.3 Å². The molecule has 28 nitrogen and oxygen atoms in total. The molecule has 42 heteroatoms. The highest BCUT2D eigenvalue weighted by Crippen LogP contribution is 2.53.